The van der Waals surface area contributed by atoms with Crippen LogP contribution in [0.1, 0.15) is 35.4 Å². The molecule has 3 nitrogen and oxygen atoms in total. The molecule has 0 amide bonds. The number of rotatable bonds is 3. The van der Waals surface area contributed by atoms with E-state index in [9.17, 15) is 4.79 Å². The molecule has 0 fully saturated rings. The van der Waals surface area contributed by atoms with Crippen molar-refractivity contribution in [2.24, 2.45) is 7.05 Å². The molecule has 0 aliphatic carbocycles. The molecule has 1 aromatic heterocycles. The average molecular weight is 166 g/mol. The largest absolute Gasteiger partial charge is 0.335 e. The lowest BCUT2D eigenvalue weighted by Gasteiger charge is -2.01. The van der Waals surface area contributed by atoms with Gasteiger partial charge in [-0.1, -0.05) is 13.3 Å². The van der Waals surface area contributed by atoms with Crippen LogP contribution in [0.2, 0.25) is 0 Å². The van der Waals surface area contributed by atoms with Gasteiger partial charge in [0.25, 0.3) is 0 Å². The van der Waals surface area contributed by atoms with Crippen LogP contribution in [0.3, 0.4) is 0 Å². The van der Waals surface area contributed by atoms with Crippen molar-refractivity contribution in [1.82, 2.24) is 9.55 Å². The van der Waals surface area contributed by atoms with E-state index in [-0.39, 0.29) is 0 Å². The van der Waals surface area contributed by atoms with E-state index in [2.05, 4.69) is 11.9 Å². The van der Waals surface area contributed by atoms with Gasteiger partial charge in [0.05, 0.1) is 0 Å². The number of imidazole rings is 1. The maximum Gasteiger partial charge on any atom is 0.170 e. The summed E-state index contributed by atoms with van der Waals surface area (Å²) in [5.74, 6) is 0.903. The van der Waals surface area contributed by atoms with Gasteiger partial charge in [0, 0.05) is 12.7 Å². The molecular formula is C9H14N2O. The molecule has 0 atom stereocenters. The minimum absolute atomic E-state index is 0.594. The summed E-state index contributed by atoms with van der Waals surface area (Å²) < 4.78 is 1.98. The lowest BCUT2D eigenvalue weighted by molar-refractivity contribution is 0.111. The standard InChI is InChI=1S/C9H14N2O/c1-4-5-9-8(6-12)10-7(2)11(9)3/h6H,4-5H2,1-3H3. The summed E-state index contributed by atoms with van der Waals surface area (Å²) in [6.45, 7) is 4.00. The first-order chi connectivity index (χ1) is 5.70. The van der Waals surface area contributed by atoms with Gasteiger partial charge in [-0.3, -0.25) is 4.79 Å². The molecule has 0 spiro atoms. The maximum atomic E-state index is 10.6. The summed E-state index contributed by atoms with van der Waals surface area (Å²) in [5.41, 5.74) is 1.64. The number of hydrogen-bond acceptors (Lipinski definition) is 2. The van der Waals surface area contributed by atoms with Gasteiger partial charge in [-0.2, -0.15) is 0 Å². The molecule has 0 saturated carbocycles. The molecule has 0 saturated heterocycles. The second kappa shape index (κ2) is 3.52. The van der Waals surface area contributed by atoms with Gasteiger partial charge < -0.3 is 4.57 Å². The van der Waals surface area contributed by atoms with Gasteiger partial charge in [-0.25, -0.2) is 4.98 Å². The van der Waals surface area contributed by atoms with Crippen molar-refractivity contribution < 1.29 is 4.79 Å². The summed E-state index contributed by atoms with van der Waals surface area (Å²) in [7, 11) is 1.94. The zero-order chi connectivity index (χ0) is 9.14. The topological polar surface area (TPSA) is 34.9 Å². The van der Waals surface area contributed by atoms with Crippen LogP contribution in [-0.4, -0.2) is 15.8 Å². The minimum Gasteiger partial charge on any atom is -0.335 e. The fourth-order valence-corrected chi connectivity index (χ4v) is 1.31. The van der Waals surface area contributed by atoms with E-state index >= 15 is 0 Å². The Labute approximate surface area is 72.4 Å². The van der Waals surface area contributed by atoms with Crippen LogP contribution in [0, 0.1) is 6.92 Å². The van der Waals surface area contributed by atoms with Crippen molar-refractivity contribution in [3.8, 4) is 0 Å². The first-order valence-corrected chi connectivity index (χ1v) is 4.18. The second-order valence-corrected chi connectivity index (χ2v) is 2.92. The Balaban J connectivity index is 3.11. The molecule has 0 N–H and O–H groups in total. The highest BCUT2D eigenvalue weighted by Crippen LogP contribution is 2.09. The van der Waals surface area contributed by atoms with Crippen LogP contribution in [0.25, 0.3) is 0 Å². The Morgan fingerprint density at radius 1 is 1.58 bits per heavy atom. The summed E-state index contributed by atoms with van der Waals surface area (Å²) in [6, 6.07) is 0. The highest BCUT2D eigenvalue weighted by Gasteiger charge is 2.09. The van der Waals surface area contributed by atoms with Gasteiger partial charge >= 0.3 is 0 Å². The molecule has 0 unspecified atom stereocenters. The SMILES string of the molecule is CCCc1c(C=O)nc(C)n1C. The van der Waals surface area contributed by atoms with Crippen molar-refractivity contribution in [1.29, 1.82) is 0 Å². The Morgan fingerprint density at radius 2 is 2.25 bits per heavy atom. The molecule has 12 heavy (non-hydrogen) atoms. The van der Waals surface area contributed by atoms with E-state index in [1.807, 2.05) is 18.5 Å². The van der Waals surface area contributed by atoms with E-state index in [0.717, 1.165) is 30.6 Å². The van der Waals surface area contributed by atoms with Gasteiger partial charge in [-0.15, -0.1) is 0 Å². The quantitative estimate of drug-likeness (QED) is 0.638. The van der Waals surface area contributed by atoms with E-state index in [1.54, 1.807) is 0 Å². The first kappa shape index (κ1) is 8.97. The highest BCUT2D eigenvalue weighted by atomic mass is 16.1. The third-order valence-electron chi connectivity index (χ3n) is 2.07. The molecule has 0 aliphatic rings. The number of carbonyl (C=O) groups excluding carboxylic acids is 1. The van der Waals surface area contributed by atoms with Gasteiger partial charge in [-0.05, 0) is 13.3 Å². The molecule has 0 radical (unpaired) electrons. The van der Waals surface area contributed by atoms with Crippen LogP contribution >= 0.6 is 0 Å². The molecule has 1 heterocycles. The fraction of sp³-hybridized carbons (Fsp3) is 0.556. The van der Waals surface area contributed by atoms with E-state index in [1.165, 1.54) is 0 Å². The van der Waals surface area contributed by atoms with E-state index < -0.39 is 0 Å². The smallest absolute Gasteiger partial charge is 0.170 e. The number of hydrogen-bond donors (Lipinski definition) is 0. The molecular weight excluding hydrogens is 152 g/mol. The Hall–Kier alpha value is -1.12. The number of carbonyl (C=O) groups is 1. The summed E-state index contributed by atoms with van der Waals surface area (Å²) in [4.78, 5) is 14.7. The van der Waals surface area contributed by atoms with Crippen molar-refractivity contribution in [2.75, 3.05) is 0 Å². The van der Waals surface area contributed by atoms with Crippen molar-refractivity contribution in [3.05, 3.63) is 17.2 Å². The predicted molar refractivity (Wildman–Crippen MR) is 47.3 cm³/mol. The van der Waals surface area contributed by atoms with Crippen molar-refractivity contribution in [2.45, 2.75) is 26.7 Å². The van der Waals surface area contributed by atoms with Crippen LogP contribution in [0.4, 0.5) is 0 Å². The summed E-state index contributed by atoms with van der Waals surface area (Å²) in [5, 5.41) is 0. The zero-order valence-corrected chi connectivity index (χ0v) is 7.79. The first-order valence-electron chi connectivity index (χ1n) is 4.18. The zero-order valence-electron chi connectivity index (χ0n) is 7.79. The van der Waals surface area contributed by atoms with Gasteiger partial charge in [0.15, 0.2) is 6.29 Å². The average Bonchev–Trinajstić information content (AvgIpc) is 2.33. The fourth-order valence-electron chi connectivity index (χ4n) is 1.31. The summed E-state index contributed by atoms with van der Waals surface area (Å²) >= 11 is 0. The van der Waals surface area contributed by atoms with E-state index in [0.29, 0.717) is 5.69 Å². The highest BCUT2D eigenvalue weighted by molar-refractivity contribution is 5.73. The third kappa shape index (κ3) is 1.40. The molecule has 0 aromatic carbocycles. The predicted octanol–water partition coefficient (Wildman–Crippen LogP) is 1.49. The Morgan fingerprint density at radius 3 is 2.75 bits per heavy atom. The van der Waals surface area contributed by atoms with Crippen LogP contribution in [0.5, 0.6) is 0 Å². The molecule has 66 valence electrons. The molecule has 0 aliphatic heterocycles. The van der Waals surface area contributed by atoms with Gasteiger partial charge in [0.1, 0.15) is 11.5 Å². The van der Waals surface area contributed by atoms with Crippen LogP contribution in [0.15, 0.2) is 0 Å². The summed E-state index contributed by atoms with van der Waals surface area (Å²) in [6.07, 6.45) is 2.79. The Bertz CT molecular complexity index is 289. The molecule has 0 bridgehead atoms. The lowest BCUT2D eigenvalue weighted by atomic mass is 10.2. The second-order valence-electron chi connectivity index (χ2n) is 2.92. The maximum absolute atomic E-state index is 10.6. The normalized spacial score (nSPS) is 10.2. The molecule has 3 heteroatoms. The molecule has 1 rings (SSSR count). The number of aldehydes is 1. The number of aryl methyl sites for hydroxylation is 1. The Kier molecular flexibility index (Phi) is 2.63. The number of aromatic nitrogens is 2. The van der Waals surface area contributed by atoms with Crippen LogP contribution < -0.4 is 0 Å². The minimum atomic E-state index is 0.594. The van der Waals surface area contributed by atoms with Crippen molar-refractivity contribution in [3.63, 3.8) is 0 Å². The third-order valence-corrected chi connectivity index (χ3v) is 2.07. The monoisotopic (exact) mass is 166 g/mol. The van der Waals surface area contributed by atoms with E-state index in [4.69, 9.17) is 0 Å². The molecule has 1 aromatic rings. The van der Waals surface area contributed by atoms with Crippen LogP contribution in [-0.2, 0) is 13.5 Å². The lowest BCUT2D eigenvalue weighted by Crippen LogP contribution is -1.99. The number of nitrogens with zero attached hydrogens (tertiary/aromatic N) is 2. The van der Waals surface area contributed by atoms with Gasteiger partial charge in [0.2, 0.25) is 0 Å². The van der Waals surface area contributed by atoms with Crippen molar-refractivity contribution >= 4 is 6.29 Å².